The molecule has 2 aliphatic rings. The van der Waals surface area contributed by atoms with Gasteiger partial charge in [0.2, 0.25) is 0 Å². The van der Waals surface area contributed by atoms with Gasteiger partial charge in [-0.1, -0.05) is 97.1 Å². The first-order chi connectivity index (χ1) is 17.8. The zero-order valence-corrected chi connectivity index (χ0v) is 26.7. The van der Waals surface area contributed by atoms with E-state index in [0.717, 1.165) is 0 Å². The minimum Gasteiger partial charge on any atom is -0.114 e. The molecule has 0 radical (unpaired) electrons. The molecule has 2 unspecified atom stereocenters. The smallest absolute Gasteiger partial charge is 0.0923 e. The van der Waals surface area contributed by atoms with Crippen molar-refractivity contribution in [2.75, 3.05) is 0 Å². The fraction of sp³-hybridized carbons (Fsp3) is 0.176. The van der Waals surface area contributed by atoms with Gasteiger partial charge in [-0.25, -0.2) is 0 Å². The largest absolute Gasteiger partial charge is 0.114 e. The van der Waals surface area contributed by atoms with Crippen molar-refractivity contribution in [2.45, 2.75) is 36.7 Å². The summed E-state index contributed by atoms with van der Waals surface area (Å²) in [6.07, 6.45) is 0. The molecule has 0 saturated heterocycles. The molecule has 0 saturated carbocycles. The van der Waals surface area contributed by atoms with E-state index < -0.39 is 18.5 Å². The fourth-order valence-electron chi connectivity index (χ4n) is 6.45. The SMILES string of the molecule is CC1=C(C)C(Cl)([SiH2]C2(Cl)C(C)=C(C)c3c(-c4ccccc4)cccc32)c2cccc(-c3ccccc3)c21.[Ti]. The molecule has 188 valence electrons. The molecule has 0 N–H and O–H groups in total. The molecule has 4 aromatic rings. The van der Waals surface area contributed by atoms with E-state index in [-0.39, 0.29) is 21.7 Å². The Hall–Kier alpha value is -2.13. The van der Waals surface area contributed by atoms with E-state index in [1.54, 1.807) is 0 Å². The van der Waals surface area contributed by atoms with Gasteiger partial charge in [-0.05, 0) is 94.5 Å². The summed E-state index contributed by atoms with van der Waals surface area (Å²) in [5.74, 6) is 0. The second-order valence-corrected chi connectivity index (χ2v) is 15.1. The maximum absolute atomic E-state index is 7.81. The summed E-state index contributed by atoms with van der Waals surface area (Å²) in [6.45, 7) is 8.88. The maximum Gasteiger partial charge on any atom is 0.0923 e. The molecule has 2 atom stereocenters. The second kappa shape index (κ2) is 10.1. The molecule has 0 aliphatic heterocycles. The third kappa shape index (κ3) is 3.98. The first kappa shape index (κ1) is 27.4. The van der Waals surface area contributed by atoms with Gasteiger partial charge in [0.1, 0.15) is 0 Å². The van der Waals surface area contributed by atoms with Gasteiger partial charge in [-0.3, -0.25) is 0 Å². The second-order valence-electron chi connectivity index (χ2n) is 10.5. The van der Waals surface area contributed by atoms with Crippen molar-refractivity contribution < 1.29 is 21.7 Å². The normalized spacial score (nSPS) is 22.2. The Morgan fingerprint density at radius 1 is 0.500 bits per heavy atom. The van der Waals surface area contributed by atoms with Crippen molar-refractivity contribution in [3.8, 4) is 22.3 Å². The Labute approximate surface area is 253 Å². The molecule has 0 amide bonds. The Morgan fingerprint density at radius 3 is 1.24 bits per heavy atom. The van der Waals surface area contributed by atoms with Gasteiger partial charge in [-0.15, -0.1) is 23.2 Å². The van der Waals surface area contributed by atoms with E-state index in [9.17, 15) is 0 Å². The minimum absolute atomic E-state index is 0. The molecular formula is C34H30Cl2SiTi. The van der Waals surface area contributed by atoms with Crippen molar-refractivity contribution in [1.82, 2.24) is 0 Å². The van der Waals surface area contributed by atoms with Crippen molar-refractivity contribution >= 4 is 43.9 Å². The van der Waals surface area contributed by atoms with Crippen LogP contribution in [0.25, 0.3) is 33.4 Å². The molecule has 4 heteroatoms. The number of hydrogen-bond acceptors (Lipinski definition) is 0. The number of hydrogen-bond donors (Lipinski definition) is 0. The number of halogens is 2. The third-order valence-corrected chi connectivity index (χ3v) is 13.3. The van der Waals surface area contributed by atoms with E-state index in [1.807, 2.05) is 0 Å². The van der Waals surface area contributed by atoms with Gasteiger partial charge in [-0.2, -0.15) is 0 Å². The van der Waals surface area contributed by atoms with E-state index >= 15 is 0 Å². The number of alkyl halides is 2. The van der Waals surface area contributed by atoms with Crippen LogP contribution in [-0.2, 0) is 30.7 Å². The van der Waals surface area contributed by atoms with Crippen LogP contribution >= 0.6 is 23.2 Å². The summed E-state index contributed by atoms with van der Waals surface area (Å²) >= 11 is 15.6. The summed E-state index contributed by atoms with van der Waals surface area (Å²) < 4.78 is -1.12. The van der Waals surface area contributed by atoms with Gasteiger partial charge in [0.05, 0.1) is 18.5 Å². The molecule has 0 aromatic heterocycles. The van der Waals surface area contributed by atoms with Crippen LogP contribution in [0, 0.1) is 0 Å². The summed E-state index contributed by atoms with van der Waals surface area (Å²) in [6, 6.07) is 34.5. The Kier molecular flexibility index (Phi) is 7.31. The Balaban J connectivity index is 0.00000294. The molecule has 0 nitrogen and oxygen atoms in total. The van der Waals surface area contributed by atoms with Crippen LogP contribution in [0.3, 0.4) is 0 Å². The summed E-state index contributed by atoms with van der Waals surface area (Å²) in [7, 11) is -1.18. The molecule has 6 rings (SSSR count). The Morgan fingerprint density at radius 2 is 0.868 bits per heavy atom. The fourth-order valence-corrected chi connectivity index (χ4v) is 11.2. The van der Waals surface area contributed by atoms with Gasteiger partial charge < -0.3 is 0 Å². The monoisotopic (exact) mass is 584 g/mol. The van der Waals surface area contributed by atoms with Crippen molar-refractivity contribution in [1.29, 1.82) is 0 Å². The van der Waals surface area contributed by atoms with Crippen LogP contribution in [0.15, 0.2) is 108 Å². The zero-order valence-electron chi connectivity index (χ0n) is 22.2. The van der Waals surface area contributed by atoms with Crippen molar-refractivity contribution in [2.24, 2.45) is 0 Å². The van der Waals surface area contributed by atoms with Crippen LogP contribution < -0.4 is 0 Å². The first-order valence-corrected chi connectivity index (χ1v) is 15.1. The molecule has 38 heavy (non-hydrogen) atoms. The maximum atomic E-state index is 7.81. The predicted molar refractivity (Wildman–Crippen MR) is 164 cm³/mol. The predicted octanol–water partition coefficient (Wildman–Crippen LogP) is 9.28. The van der Waals surface area contributed by atoms with Gasteiger partial charge >= 0.3 is 0 Å². The van der Waals surface area contributed by atoms with E-state index in [1.165, 1.54) is 66.8 Å². The van der Waals surface area contributed by atoms with Crippen molar-refractivity contribution in [3.05, 3.63) is 130 Å². The van der Waals surface area contributed by atoms with Crippen molar-refractivity contribution in [3.63, 3.8) is 0 Å². The van der Waals surface area contributed by atoms with Gasteiger partial charge in [0.15, 0.2) is 0 Å². The van der Waals surface area contributed by atoms with E-state index in [2.05, 4.69) is 125 Å². The average Bonchev–Trinajstić information content (AvgIpc) is 3.25. The summed E-state index contributed by atoms with van der Waals surface area (Å²) in [5, 5.41) is 0. The van der Waals surface area contributed by atoms with Crippen LogP contribution in [0.5, 0.6) is 0 Å². The third-order valence-electron chi connectivity index (χ3n) is 8.70. The summed E-state index contributed by atoms with van der Waals surface area (Å²) in [4.78, 5) is 0. The van der Waals surface area contributed by atoms with E-state index in [0.29, 0.717) is 0 Å². The molecule has 2 aliphatic carbocycles. The number of rotatable bonds is 4. The van der Waals surface area contributed by atoms with Crippen LogP contribution in [0.4, 0.5) is 0 Å². The molecule has 4 aromatic carbocycles. The average molecular weight is 585 g/mol. The topological polar surface area (TPSA) is 0 Å². The first-order valence-electron chi connectivity index (χ1n) is 12.9. The number of fused-ring (bicyclic) bond motifs is 2. The molecule has 0 heterocycles. The zero-order chi connectivity index (χ0) is 25.9. The standard InChI is InChI=1S/C34H30Cl2Si.Ti/c1-21-23(3)33(35,29-19-11-17-27(31(21)29)25-13-7-5-8-14-25)37-34(36)24(4)22(2)32-28(18-12-20-30(32)34)26-15-9-6-10-16-26;/h5-20H,37H2,1-4H3;. The van der Waals surface area contributed by atoms with Crippen LogP contribution in [-0.4, -0.2) is 9.52 Å². The number of allylic oxidation sites excluding steroid dienone is 4. The van der Waals surface area contributed by atoms with Gasteiger partial charge in [0.25, 0.3) is 0 Å². The molecule has 0 fully saturated rings. The Bertz CT molecular complexity index is 1490. The molecular weight excluding hydrogens is 555 g/mol. The minimum atomic E-state index is -1.18. The van der Waals surface area contributed by atoms with Crippen LogP contribution in [0.1, 0.15) is 49.9 Å². The van der Waals surface area contributed by atoms with E-state index in [4.69, 9.17) is 23.2 Å². The summed E-state index contributed by atoms with van der Waals surface area (Å²) in [5.41, 5.74) is 15.0. The quantitative estimate of drug-likeness (QED) is 0.165. The molecule has 0 spiro atoms. The van der Waals surface area contributed by atoms with Gasteiger partial charge in [0, 0.05) is 21.7 Å². The van der Waals surface area contributed by atoms with Crippen LogP contribution in [0.2, 0.25) is 0 Å². The number of benzene rings is 4. The molecule has 0 bridgehead atoms.